The monoisotopic (exact) mass is 261 g/mol. The molecule has 3 heteroatoms. The van der Waals surface area contributed by atoms with Crippen molar-refractivity contribution in [3.05, 3.63) is 23.8 Å². The summed E-state index contributed by atoms with van der Waals surface area (Å²) in [6.45, 7) is 4.55. The van der Waals surface area contributed by atoms with Crippen molar-refractivity contribution in [2.75, 3.05) is 13.2 Å². The van der Waals surface area contributed by atoms with Crippen LogP contribution in [-0.2, 0) is 6.54 Å². The Kier molecular flexibility index (Phi) is 3.92. The van der Waals surface area contributed by atoms with Crippen molar-refractivity contribution in [2.45, 2.75) is 45.2 Å². The van der Waals surface area contributed by atoms with Crippen molar-refractivity contribution < 1.29 is 9.47 Å². The lowest BCUT2D eigenvalue weighted by atomic mass is 9.87. The maximum absolute atomic E-state index is 5.75. The van der Waals surface area contributed by atoms with Gasteiger partial charge in [0.2, 0.25) is 0 Å². The van der Waals surface area contributed by atoms with Crippen LogP contribution in [0.2, 0.25) is 0 Å². The molecule has 104 valence electrons. The molecule has 1 fully saturated rings. The molecule has 2 unspecified atom stereocenters. The average molecular weight is 261 g/mol. The van der Waals surface area contributed by atoms with Gasteiger partial charge in [0, 0.05) is 18.2 Å². The van der Waals surface area contributed by atoms with Gasteiger partial charge in [-0.2, -0.15) is 0 Å². The van der Waals surface area contributed by atoms with Crippen molar-refractivity contribution in [2.24, 2.45) is 5.92 Å². The molecule has 0 bridgehead atoms. The molecule has 0 amide bonds. The summed E-state index contributed by atoms with van der Waals surface area (Å²) >= 11 is 0. The fourth-order valence-corrected chi connectivity index (χ4v) is 3.15. The highest BCUT2D eigenvalue weighted by Gasteiger charge is 2.20. The molecule has 0 radical (unpaired) electrons. The second-order valence-corrected chi connectivity index (χ2v) is 5.79. The van der Waals surface area contributed by atoms with Gasteiger partial charge in [0.15, 0.2) is 11.5 Å². The molecule has 1 N–H and O–H groups in total. The van der Waals surface area contributed by atoms with Crippen LogP contribution in [0.3, 0.4) is 0 Å². The lowest BCUT2D eigenvalue weighted by Gasteiger charge is -2.28. The molecule has 1 aliphatic heterocycles. The standard InChI is InChI=1S/C16H23NO2/c1-12-4-2-6-14(10-12)17-11-13-5-3-7-15-16(13)19-9-8-18-15/h3,5,7,12,14,17H,2,4,6,8-11H2,1H3. The Hall–Kier alpha value is -1.22. The van der Waals surface area contributed by atoms with Gasteiger partial charge < -0.3 is 14.8 Å². The Morgan fingerprint density at radius 1 is 1.21 bits per heavy atom. The smallest absolute Gasteiger partial charge is 0.165 e. The SMILES string of the molecule is CC1CCCC(NCc2cccc3c2OCCO3)C1. The van der Waals surface area contributed by atoms with Crippen LogP contribution in [0.4, 0.5) is 0 Å². The fourth-order valence-electron chi connectivity index (χ4n) is 3.15. The molecule has 1 aliphatic carbocycles. The minimum atomic E-state index is 0.657. The third-order valence-corrected chi connectivity index (χ3v) is 4.17. The van der Waals surface area contributed by atoms with E-state index in [0.717, 1.165) is 24.0 Å². The first-order valence-corrected chi connectivity index (χ1v) is 7.44. The molecule has 2 aliphatic rings. The summed E-state index contributed by atoms with van der Waals surface area (Å²) in [5.41, 5.74) is 1.22. The molecular weight excluding hydrogens is 238 g/mol. The number of benzene rings is 1. The summed E-state index contributed by atoms with van der Waals surface area (Å²) in [5.74, 6) is 2.68. The quantitative estimate of drug-likeness (QED) is 0.906. The summed E-state index contributed by atoms with van der Waals surface area (Å²) in [7, 11) is 0. The molecule has 1 aromatic carbocycles. The zero-order chi connectivity index (χ0) is 13.1. The topological polar surface area (TPSA) is 30.5 Å². The highest BCUT2D eigenvalue weighted by atomic mass is 16.6. The van der Waals surface area contributed by atoms with E-state index in [1.807, 2.05) is 12.1 Å². The normalized spacial score (nSPS) is 26.2. The molecule has 1 saturated carbocycles. The Bertz CT molecular complexity index is 433. The van der Waals surface area contributed by atoms with E-state index in [0.29, 0.717) is 19.3 Å². The van der Waals surface area contributed by atoms with Crippen molar-refractivity contribution in [3.8, 4) is 11.5 Å². The molecule has 2 atom stereocenters. The molecular formula is C16H23NO2. The third kappa shape index (κ3) is 3.03. The average Bonchev–Trinajstić information content (AvgIpc) is 2.45. The third-order valence-electron chi connectivity index (χ3n) is 4.17. The maximum Gasteiger partial charge on any atom is 0.165 e. The maximum atomic E-state index is 5.75. The van der Waals surface area contributed by atoms with Crippen LogP contribution in [0.1, 0.15) is 38.2 Å². The number of para-hydroxylation sites is 1. The van der Waals surface area contributed by atoms with E-state index < -0.39 is 0 Å². The van der Waals surface area contributed by atoms with Gasteiger partial charge in [-0.15, -0.1) is 0 Å². The number of hydrogen-bond donors (Lipinski definition) is 1. The van der Waals surface area contributed by atoms with Crippen LogP contribution in [0.5, 0.6) is 11.5 Å². The Morgan fingerprint density at radius 2 is 2.11 bits per heavy atom. The van der Waals surface area contributed by atoms with Gasteiger partial charge in [-0.3, -0.25) is 0 Å². The summed E-state index contributed by atoms with van der Waals surface area (Å²) in [4.78, 5) is 0. The first kappa shape index (κ1) is 12.8. The minimum absolute atomic E-state index is 0.657. The summed E-state index contributed by atoms with van der Waals surface area (Å²) in [5, 5.41) is 3.68. The fraction of sp³-hybridized carbons (Fsp3) is 0.625. The number of nitrogens with one attached hydrogen (secondary N) is 1. The van der Waals surface area contributed by atoms with E-state index in [1.54, 1.807) is 0 Å². The van der Waals surface area contributed by atoms with E-state index in [9.17, 15) is 0 Å². The first-order chi connectivity index (χ1) is 9.33. The number of rotatable bonds is 3. The molecule has 3 rings (SSSR count). The molecule has 1 heterocycles. The van der Waals surface area contributed by atoms with Crippen LogP contribution >= 0.6 is 0 Å². The molecule has 0 saturated heterocycles. The summed E-state index contributed by atoms with van der Waals surface area (Å²) in [6, 6.07) is 6.82. The van der Waals surface area contributed by atoms with Gasteiger partial charge in [0.1, 0.15) is 13.2 Å². The highest BCUT2D eigenvalue weighted by molar-refractivity contribution is 5.47. The van der Waals surface area contributed by atoms with Gasteiger partial charge >= 0.3 is 0 Å². The van der Waals surface area contributed by atoms with Gasteiger partial charge in [0.25, 0.3) is 0 Å². The highest BCUT2D eigenvalue weighted by Crippen LogP contribution is 2.33. The van der Waals surface area contributed by atoms with E-state index in [1.165, 1.54) is 31.2 Å². The number of ether oxygens (including phenoxy) is 2. The zero-order valence-electron chi connectivity index (χ0n) is 11.7. The minimum Gasteiger partial charge on any atom is -0.486 e. The van der Waals surface area contributed by atoms with Crippen LogP contribution in [0, 0.1) is 5.92 Å². The van der Waals surface area contributed by atoms with E-state index >= 15 is 0 Å². The van der Waals surface area contributed by atoms with Gasteiger partial charge in [-0.1, -0.05) is 31.9 Å². The number of hydrogen-bond acceptors (Lipinski definition) is 3. The largest absolute Gasteiger partial charge is 0.486 e. The van der Waals surface area contributed by atoms with Crippen LogP contribution in [-0.4, -0.2) is 19.3 Å². The lowest BCUT2D eigenvalue weighted by Crippen LogP contribution is -2.33. The zero-order valence-corrected chi connectivity index (χ0v) is 11.7. The predicted octanol–water partition coefficient (Wildman–Crippen LogP) is 3.13. The first-order valence-electron chi connectivity index (χ1n) is 7.44. The van der Waals surface area contributed by atoms with Crippen molar-refractivity contribution in [1.29, 1.82) is 0 Å². The predicted molar refractivity (Wildman–Crippen MR) is 75.7 cm³/mol. The Balaban J connectivity index is 1.63. The molecule has 19 heavy (non-hydrogen) atoms. The summed E-state index contributed by atoms with van der Waals surface area (Å²) in [6.07, 6.45) is 5.34. The molecule has 0 spiro atoms. The van der Waals surface area contributed by atoms with Crippen molar-refractivity contribution in [3.63, 3.8) is 0 Å². The van der Waals surface area contributed by atoms with E-state index in [-0.39, 0.29) is 0 Å². The second-order valence-electron chi connectivity index (χ2n) is 5.79. The van der Waals surface area contributed by atoms with Crippen molar-refractivity contribution in [1.82, 2.24) is 5.32 Å². The Labute approximate surface area is 115 Å². The van der Waals surface area contributed by atoms with E-state index in [2.05, 4.69) is 18.3 Å². The van der Waals surface area contributed by atoms with E-state index in [4.69, 9.17) is 9.47 Å². The van der Waals surface area contributed by atoms with Gasteiger partial charge in [0.05, 0.1) is 0 Å². The lowest BCUT2D eigenvalue weighted by molar-refractivity contribution is 0.169. The summed E-state index contributed by atoms with van der Waals surface area (Å²) < 4.78 is 11.4. The molecule has 1 aromatic rings. The van der Waals surface area contributed by atoms with Gasteiger partial charge in [-0.25, -0.2) is 0 Å². The number of fused-ring (bicyclic) bond motifs is 1. The van der Waals surface area contributed by atoms with Crippen molar-refractivity contribution >= 4 is 0 Å². The second kappa shape index (κ2) is 5.83. The molecule has 3 nitrogen and oxygen atoms in total. The Morgan fingerprint density at radius 3 is 3.00 bits per heavy atom. The van der Waals surface area contributed by atoms with Gasteiger partial charge in [-0.05, 0) is 24.8 Å². The molecule has 0 aromatic heterocycles. The van der Waals surface area contributed by atoms with Crippen LogP contribution < -0.4 is 14.8 Å². The van der Waals surface area contributed by atoms with Crippen LogP contribution in [0.15, 0.2) is 18.2 Å². The van der Waals surface area contributed by atoms with Crippen LogP contribution in [0.25, 0.3) is 0 Å².